The van der Waals surface area contributed by atoms with Gasteiger partial charge in [0, 0.05) is 17.3 Å². The first-order valence-electron chi connectivity index (χ1n) is 6.06. The van der Waals surface area contributed by atoms with Crippen molar-refractivity contribution in [3.05, 3.63) is 38.4 Å². The van der Waals surface area contributed by atoms with Gasteiger partial charge in [0.15, 0.2) is 0 Å². The first-order chi connectivity index (χ1) is 9.31. The molecule has 2 rings (SSSR count). The van der Waals surface area contributed by atoms with Crippen LogP contribution in [0.15, 0.2) is 6.07 Å². The summed E-state index contributed by atoms with van der Waals surface area (Å²) in [6, 6.07) is 1.80. The van der Waals surface area contributed by atoms with Gasteiger partial charge in [-0.05, 0) is 19.9 Å². The quantitative estimate of drug-likeness (QED) is 0.641. The molecule has 0 aliphatic heterocycles. The van der Waals surface area contributed by atoms with Gasteiger partial charge in [0.25, 0.3) is 5.95 Å². The molecule has 8 heteroatoms. The fourth-order valence-electron chi connectivity index (χ4n) is 1.90. The van der Waals surface area contributed by atoms with Crippen molar-refractivity contribution >= 4 is 17.3 Å². The van der Waals surface area contributed by atoms with Gasteiger partial charge in [0.1, 0.15) is 5.69 Å². The van der Waals surface area contributed by atoms with E-state index in [1.165, 1.54) is 4.68 Å². The van der Waals surface area contributed by atoms with E-state index in [0.717, 1.165) is 11.4 Å². The molecule has 0 unspecified atom stereocenters. The summed E-state index contributed by atoms with van der Waals surface area (Å²) in [6.45, 7) is 7.26. The van der Waals surface area contributed by atoms with Crippen LogP contribution in [0.25, 0.3) is 5.95 Å². The zero-order valence-electron chi connectivity index (χ0n) is 11.6. The lowest BCUT2D eigenvalue weighted by Gasteiger charge is -2.03. The Balaban J connectivity index is 2.69. The van der Waals surface area contributed by atoms with Gasteiger partial charge in [0.2, 0.25) is 5.15 Å². The molecule has 2 aromatic rings. The summed E-state index contributed by atoms with van der Waals surface area (Å²) in [5, 5.41) is 15.3. The number of nitro groups is 1. The topological polar surface area (TPSA) is 86.7 Å². The number of hydrogen-bond acceptors (Lipinski definition) is 5. The summed E-state index contributed by atoms with van der Waals surface area (Å²) < 4.78 is 1.22. The second-order valence-corrected chi connectivity index (χ2v) is 5.16. The number of hydrogen-bond donors (Lipinski definition) is 0. The molecule has 0 aliphatic rings. The van der Waals surface area contributed by atoms with E-state index in [2.05, 4.69) is 15.1 Å². The highest BCUT2D eigenvalue weighted by Gasteiger charge is 2.29. The molecule has 106 valence electrons. The van der Waals surface area contributed by atoms with Crippen LogP contribution in [0.3, 0.4) is 0 Å². The summed E-state index contributed by atoms with van der Waals surface area (Å²) in [4.78, 5) is 19.1. The van der Waals surface area contributed by atoms with Crippen LogP contribution in [0.1, 0.15) is 36.8 Å². The first kappa shape index (κ1) is 14.4. The summed E-state index contributed by atoms with van der Waals surface area (Å²) in [6.07, 6.45) is 0. The van der Waals surface area contributed by atoms with E-state index in [4.69, 9.17) is 11.6 Å². The molecular formula is C12H14ClN5O2. The minimum Gasteiger partial charge on any atom is -0.258 e. The molecule has 0 N–H and O–H groups in total. The standard InChI is InChI=1S/C12H14ClN5O2/c1-6(2)9-10(18(19)20)11(13)17(16-9)12-14-7(3)5-8(4)15-12/h5-6H,1-4H3. The molecule has 2 heterocycles. The Morgan fingerprint density at radius 2 is 1.85 bits per heavy atom. The molecule has 0 spiro atoms. The third kappa shape index (κ3) is 2.49. The minimum atomic E-state index is -0.524. The highest BCUT2D eigenvalue weighted by Crippen LogP contribution is 2.33. The minimum absolute atomic E-state index is 0.0799. The van der Waals surface area contributed by atoms with Crippen LogP contribution >= 0.6 is 11.6 Å². The zero-order chi connectivity index (χ0) is 15.0. The Kier molecular flexibility index (Phi) is 3.71. The Bertz CT molecular complexity index is 660. The first-order valence-corrected chi connectivity index (χ1v) is 6.44. The lowest BCUT2D eigenvalue weighted by atomic mass is 10.1. The fourth-order valence-corrected chi connectivity index (χ4v) is 2.18. The molecule has 0 saturated heterocycles. The van der Waals surface area contributed by atoms with Crippen molar-refractivity contribution in [1.29, 1.82) is 0 Å². The molecule has 0 fully saturated rings. The number of nitrogens with zero attached hydrogens (tertiary/aromatic N) is 5. The number of halogens is 1. The maximum Gasteiger partial charge on any atom is 0.329 e. The average molecular weight is 296 g/mol. The molecule has 0 aromatic carbocycles. The van der Waals surface area contributed by atoms with E-state index in [-0.39, 0.29) is 22.7 Å². The van der Waals surface area contributed by atoms with Gasteiger partial charge >= 0.3 is 5.69 Å². The second kappa shape index (κ2) is 5.16. The van der Waals surface area contributed by atoms with Crippen molar-refractivity contribution in [1.82, 2.24) is 19.7 Å². The molecule has 2 aromatic heterocycles. The highest BCUT2D eigenvalue weighted by atomic mass is 35.5. The van der Waals surface area contributed by atoms with Gasteiger partial charge < -0.3 is 0 Å². The SMILES string of the molecule is Cc1cc(C)nc(-n2nc(C(C)C)c([N+](=O)[O-])c2Cl)n1. The van der Waals surface area contributed by atoms with Crippen molar-refractivity contribution in [2.75, 3.05) is 0 Å². The van der Waals surface area contributed by atoms with Crippen LogP contribution in [-0.4, -0.2) is 24.7 Å². The molecule has 0 amide bonds. The number of rotatable bonds is 3. The third-order valence-electron chi connectivity index (χ3n) is 2.72. The lowest BCUT2D eigenvalue weighted by Crippen LogP contribution is -2.06. The summed E-state index contributed by atoms with van der Waals surface area (Å²) >= 11 is 6.09. The fraction of sp³-hybridized carbons (Fsp3) is 0.417. The van der Waals surface area contributed by atoms with Crippen molar-refractivity contribution in [2.24, 2.45) is 0 Å². The molecule has 20 heavy (non-hydrogen) atoms. The van der Waals surface area contributed by atoms with Crippen LogP contribution < -0.4 is 0 Å². The Morgan fingerprint density at radius 1 is 1.30 bits per heavy atom. The summed E-state index contributed by atoms with van der Waals surface area (Å²) in [5.74, 6) is 0.113. The summed E-state index contributed by atoms with van der Waals surface area (Å²) in [7, 11) is 0. The van der Waals surface area contributed by atoms with Crippen molar-refractivity contribution in [3.63, 3.8) is 0 Å². The monoisotopic (exact) mass is 295 g/mol. The summed E-state index contributed by atoms with van der Waals surface area (Å²) in [5.41, 5.74) is 1.62. The molecule has 7 nitrogen and oxygen atoms in total. The van der Waals surface area contributed by atoms with E-state index in [9.17, 15) is 10.1 Å². The van der Waals surface area contributed by atoms with Crippen molar-refractivity contribution in [2.45, 2.75) is 33.6 Å². The van der Waals surface area contributed by atoms with Crippen LogP contribution in [0.2, 0.25) is 5.15 Å². The van der Waals surface area contributed by atoms with Crippen molar-refractivity contribution < 1.29 is 4.92 Å². The molecule has 0 atom stereocenters. The largest absolute Gasteiger partial charge is 0.329 e. The van der Waals surface area contributed by atoms with Crippen LogP contribution in [0, 0.1) is 24.0 Å². The predicted octanol–water partition coefficient (Wildman–Crippen LogP) is 2.96. The van der Waals surface area contributed by atoms with Crippen LogP contribution in [-0.2, 0) is 0 Å². The van der Waals surface area contributed by atoms with Gasteiger partial charge in [-0.1, -0.05) is 25.4 Å². The van der Waals surface area contributed by atoms with E-state index in [1.54, 1.807) is 6.07 Å². The lowest BCUT2D eigenvalue weighted by molar-refractivity contribution is -0.385. The van der Waals surface area contributed by atoms with E-state index >= 15 is 0 Å². The van der Waals surface area contributed by atoms with Gasteiger partial charge in [-0.3, -0.25) is 10.1 Å². The van der Waals surface area contributed by atoms with Crippen molar-refractivity contribution in [3.8, 4) is 5.95 Å². The second-order valence-electron chi connectivity index (χ2n) is 4.80. The molecule has 0 radical (unpaired) electrons. The normalized spacial score (nSPS) is 11.1. The average Bonchev–Trinajstić information content (AvgIpc) is 2.65. The van der Waals surface area contributed by atoms with Crippen LogP contribution in [0.4, 0.5) is 5.69 Å². The Morgan fingerprint density at radius 3 is 2.25 bits per heavy atom. The van der Waals surface area contributed by atoms with Crippen LogP contribution in [0.5, 0.6) is 0 Å². The molecule has 0 aliphatic carbocycles. The molecule has 0 bridgehead atoms. The molecular weight excluding hydrogens is 282 g/mol. The highest BCUT2D eigenvalue weighted by molar-refractivity contribution is 6.32. The Labute approximate surface area is 120 Å². The van der Waals surface area contributed by atoms with E-state index in [1.807, 2.05) is 27.7 Å². The van der Waals surface area contributed by atoms with E-state index < -0.39 is 4.92 Å². The van der Waals surface area contributed by atoms with Gasteiger partial charge in [-0.25, -0.2) is 9.97 Å². The number of aryl methyl sites for hydroxylation is 2. The zero-order valence-corrected chi connectivity index (χ0v) is 12.3. The third-order valence-corrected chi connectivity index (χ3v) is 3.06. The predicted molar refractivity (Wildman–Crippen MR) is 74.4 cm³/mol. The van der Waals surface area contributed by atoms with Gasteiger partial charge in [0.05, 0.1) is 4.92 Å². The van der Waals surface area contributed by atoms with Gasteiger partial charge in [-0.15, -0.1) is 0 Å². The smallest absolute Gasteiger partial charge is 0.258 e. The maximum absolute atomic E-state index is 11.2. The molecule has 0 saturated carbocycles. The van der Waals surface area contributed by atoms with Gasteiger partial charge in [-0.2, -0.15) is 9.78 Å². The van der Waals surface area contributed by atoms with E-state index in [0.29, 0.717) is 5.69 Å². The number of aromatic nitrogens is 4. The maximum atomic E-state index is 11.2. The Hall–Kier alpha value is -2.02.